The first-order valence-electron chi connectivity index (χ1n) is 9.24. The summed E-state index contributed by atoms with van der Waals surface area (Å²) in [6.45, 7) is 13.6. The van der Waals surface area contributed by atoms with E-state index in [4.69, 9.17) is 23.7 Å². The van der Waals surface area contributed by atoms with E-state index in [2.05, 4.69) is 27.7 Å². The second-order valence-corrected chi connectivity index (χ2v) is 5.67. The van der Waals surface area contributed by atoms with E-state index in [1.807, 2.05) is 0 Å². The van der Waals surface area contributed by atoms with Crippen LogP contribution in [0.4, 0.5) is 0 Å². The smallest absolute Gasteiger partial charge is 0.104 e. The van der Waals surface area contributed by atoms with Crippen LogP contribution in [0.3, 0.4) is 0 Å². The van der Waals surface area contributed by atoms with Crippen LogP contribution in [-0.2, 0) is 23.7 Å². The minimum atomic E-state index is -0.00937. The number of hydrogen-bond donors (Lipinski definition) is 0. The van der Waals surface area contributed by atoms with E-state index >= 15 is 0 Å². The zero-order valence-electron chi connectivity index (χ0n) is 15.7. The third-order valence-electron chi connectivity index (χ3n) is 3.03. The monoisotopic (exact) mass is 334 g/mol. The molecule has 0 saturated carbocycles. The Morgan fingerprint density at radius 3 is 1.17 bits per heavy atom. The summed E-state index contributed by atoms with van der Waals surface area (Å²) in [5.74, 6) is 0. The maximum absolute atomic E-state index is 5.80. The van der Waals surface area contributed by atoms with Gasteiger partial charge in [0.2, 0.25) is 0 Å². The van der Waals surface area contributed by atoms with Gasteiger partial charge < -0.3 is 23.7 Å². The molecule has 0 radical (unpaired) electrons. The first kappa shape index (κ1) is 22.8. The van der Waals surface area contributed by atoms with Crippen molar-refractivity contribution in [3.8, 4) is 0 Å². The van der Waals surface area contributed by atoms with Crippen molar-refractivity contribution in [3.05, 3.63) is 0 Å². The lowest BCUT2D eigenvalue weighted by Crippen LogP contribution is -2.31. The van der Waals surface area contributed by atoms with Gasteiger partial charge in [-0.1, -0.05) is 27.7 Å². The summed E-state index contributed by atoms with van der Waals surface area (Å²) in [6.07, 6.45) is 4.01. The highest BCUT2D eigenvalue weighted by Crippen LogP contribution is 2.02. The van der Waals surface area contributed by atoms with Gasteiger partial charge in [0, 0.05) is 26.4 Å². The van der Waals surface area contributed by atoms with E-state index < -0.39 is 0 Å². The Kier molecular flexibility index (Phi) is 18.0. The number of rotatable bonds is 18. The Morgan fingerprint density at radius 1 is 0.478 bits per heavy atom. The van der Waals surface area contributed by atoms with E-state index in [-0.39, 0.29) is 12.2 Å². The van der Waals surface area contributed by atoms with E-state index in [0.717, 1.165) is 52.1 Å². The molecule has 5 nitrogen and oxygen atoms in total. The number of ether oxygens (including phenoxy) is 5. The highest BCUT2D eigenvalue weighted by atomic mass is 16.6. The van der Waals surface area contributed by atoms with Crippen LogP contribution in [-0.4, -0.2) is 65.1 Å². The zero-order valence-corrected chi connectivity index (χ0v) is 15.7. The lowest BCUT2D eigenvalue weighted by Gasteiger charge is -2.21. The van der Waals surface area contributed by atoms with Crippen LogP contribution in [0.2, 0.25) is 0 Å². The lowest BCUT2D eigenvalue weighted by atomic mass is 10.3. The molecule has 0 aliphatic carbocycles. The second-order valence-electron chi connectivity index (χ2n) is 5.67. The van der Waals surface area contributed by atoms with E-state index in [9.17, 15) is 0 Å². The first-order valence-corrected chi connectivity index (χ1v) is 9.24. The third-order valence-corrected chi connectivity index (χ3v) is 3.03. The minimum absolute atomic E-state index is 0.00937. The summed E-state index contributed by atoms with van der Waals surface area (Å²) in [5, 5.41) is 0. The fourth-order valence-corrected chi connectivity index (χ4v) is 1.91. The van der Waals surface area contributed by atoms with Crippen LogP contribution in [0.5, 0.6) is 0 Å². The molecule has 0 aromatic rings. The number of hydrogen-bond acceptors (Lipinski definition) is 5. The van der Waals surface area contributed by atoms with Crippen LogP contribution in [0.25, 0.3) is 0 Å². The molecule has 0 rings (SSSR count). The highest BCUT2D eigenvalue weighted by Gasteiger charge is 2.13. The van der Waals surface area contributed by atoms with Crippen LogP contribution in [0.15, 0.2) is 0 Å². The van der Waals surface area contributed by atoms with Crippen LogP contribution >= 0.6 is 0 Å². The van der Waals surface area contributed by atoms with Crippen LogP contribution in [0, 0.1) is 0 Å². The second kappa shape index (κ2) is 18.1. The molecule has 0 amide bonds. The van der Waals surface area contributed by atoms with E-state index in [1.54, 1.807) is 0 Å². The van der Waals surface area contributed by atoms with Gasteiger partial charge in [-0.2, -0.15) is 0 Å². The Labute approximate surface area is 143 Å². The first-order chi connectivity index (χ1) is 11.3. The van der Waals surface area contributed by atoms with Crippen molar-refractivity contribution in [3.63, 3.8) is 0 Å². The molecule has 140 valence electrons. The van der Waals surface area contributed by atoms with E-state index in [0.29, 0.717) is 26.4 Å². The standard InChI is InChI=1S/C18H38O5/c1-5-9-19-13-17(22-11-7-3)15-21-16-18(23-12-8-4)14-20-10-6-2/h17-18H,5-16H2,1-4H3. The normalized spacial score (nSPS) is 14.1. The van der Waals surface area contributed by atoms with Gasteiger partial charge in [-0.3, -0.25) is 0 Å². The molecule has 0 saturated heterocycles. The maximum Gasteiger partial charge on any atom is 0.104 e. The van der Waals surface area contributed by atoms with Crippen molar-refractivity contribution in [2.24, 2.45) is 0 Å². The Hall–Kier alpha value is -0.200. The van der Waals surface area contributed by atoms with Gasteiger partial charge in [0.1, 0.15) is 12.2 Å². The third kappa shape index (κ3) is 15.1. The fraction of sp³-hybridized carbons (Fsp3) is 1.00. The molecule has 23 heavy (non-hydrogen) atoms. The molecular formula is C18H38O5. The van der Waals surface area contributed by atoms with Gasteiger partial charge in [-0.15, -0.1) is 0 Å². The Balaban J connectivity index is 4.03. The van der Waals surface area contributed by atoms with Gasteiger partial charge in [0.25, 0.3) is 0 Å². The molecule has 2 atom stereocenters. The highest BCUT2D eigenvalue weighted by molar-refractivity contribution is 4.60. The molecule has 0 aromatic carbocycles. The van der Waals surface area contributed by atoms with Gasteiger partial charge in [0.05, 0.1) is 26.4 Å². The topological polar surface area (TPSA) is 46.2 Å². The summed E-state index contributed by atoms with van der Waals surface area (Å²) < 4.78 is 28.5. The van der Waals surface area contributed by atoms with Crippen molar-refractivity contribution < 1.29 is 23.7 Å². The lowest BCUT2D eigenvalue weighted by molar-refractivity contribution is -0.0946. The van der Waals surface area contributed by atoms with Crippen molar-refractivity contribution in [2.45, 2.75) is 65.6 Å². The quantitative estimate of drug-likeness (QED) is 0.359. The SMILES string of the molecule is CCCOCC(COCC(COCCC)OCCC)OCCC. The molecule has 0 aromatic heterocycles. The summed E-state index contributed by atoms with van der Waals surface area (Å²) in [5.41, 5.74) is 0. The van der Waals surface area contributed by atoms with Crippen LogP contribution in [0.1, 0.15) is 53.4 Å². The average Bonchev–Trinajstić information content (AvgIpc) is 2.56. The molecule has 0 heterocycles. The van der Waals surface area contributed by atoms with Crippen molar-refractivity contribution in [1.29, 1.82) is 0 Å². The minimum Gasteiger partial charge on any atom is -0.379 e. The molecular weight excluding hydrogens is 296 g/mol. The molecule has 0 spiro atoms. The predicted octanol–water partition coefficient (Wildman–Crippen LogP) is 3.45. The largest absolute Gasteiger partial charge is 0.379 e. The van der Waals surface area contributed by atoms with Gasteiger partial charge in [-0.05, 0) is 25.7 Å². The maximum atomic E-state index is 5.80. The molecule has 0 fully saturated rings. The predicted molar refractivity (Wildman–Crippen MR) is 93.1 cm³/mol. The Morgan fingerprint density at radius 2 is 0.826 bits per heavy atom. The van der Waals surface area contributed by atoms with E-state index in [1.165, 1.54) is 0 Å². The summed E-state index contributed by atoms with van der Waals surface area (Å²) >= 11 is 0. The zero-order chi connectivity index (χ0) is 17.2. The molecule has 0 aliphatic heterocycles. The van der Waals surface area contributed by atoms with Gasteiger partial charge >= 0.3 is 0 Å². The van der Waals surface area contributed by atoms with Gasteiger partial charge in [-0.25, -0.2) is 0 Å². The molecule has 0 N–H and O–H groups in total. The van der Waals surface area contributed by atoms with Crippen LogP contribution < -0.4 is 0 Å². The fourth-order valence-electron chi connectivity index (χ4n) is 1.91. The average molecular weight is 334 g/mol. The van der Waals surface area contributed by atoms with Crippen molar-refractivity contribution in [1.82, 2.24) is 0 Å². The molecule has 5 heteroatoms. The van der Waals surface area contributed by atoms with Gasteiger partial charge in [0.15, 0.2) is 0 Å². The summed E-state index contributed by atoms with van der Waals surface area (Å²) in [7, 11) is 0. The summed E-state index contributed by atoms with van der Waals surface area (Å²) in [6, 6.07) is 0. The molecule has 2 unspecified atom stereocenters. The summed E-state index contributed by atoms with van der Waals surface area (Å²) in [4.78, 5) is 0. The molecule has 0 aliphatic rings. The molecule has 0 bridgehead atoms. The van der Waals surface area contributed by atoms with Crippen molar-refractivity contribution >= 4 is 0 Å². The Bertz CT molecular complexity index is 203. The van der Waals surface area contributed by atoms with Crippen molar-refractivity contribution in [2.75, 3.05) is 52.9 Å².